The normalized spacial score (nSPS) is 17.4. The molecule has 0 atom stereocenters. The second-order valence-electron chi connectivity index (χ2n) is 5.47. The molecule has 0 saturated heterocycles. The van der Waals surface area contributed by atoms with Gasteiger partial charge in [0.1, 0.15) is 5.82 Å². The van der Waals surface area contributed by atoms with Crippen molar-refractivity contribution >= 4 is 17.6 Å². The summed E-state index contributed by atoms with van der Waals surface area (Å²) < 4.78 is 2.63. The Morgan fingerprint density at radius 2 is 2.10 bits per heavy atom. The maximum absolute atomic E-state index is 5.66. The van der Waals surface area contributed by atoms with E-state index in [0.717, 1.165) is 17.8 Å². The minimum atomic E-state index is 0.372. The number of aromatic nitrogens is 3. The molecule has 20 heavy (non-hydrogen) atoms. The van der Waals surface area contributed by atoms with Crippen LogP contribution in [0.15, 0.2) is 30.9 Å². The topological polar surface area (TPSA) is 56.7 Å². The van der Waals surface area contributed by atoms with Gasteiger partial charge in [0.15, 0.2) is 0 Å². The maximum atomic E-state index is 5.66. The average Bonchev–Trinajstić information content (AvgIpc) is 3.10. The predicted octanol–water partition coefficient (Wildman–Crippen LogP) is 3.20. The minimum Gasteiger partial charge on any atom is -0.384 e. The fraction of sp³-hybridized carbons (Fsp3) is 0.467. The van der Waals surface area contributed by atoms with Gasteiger partial charge in [0.2, 0.25) is 0 Å². The molecule has 1 saturated carbocycles. The molecule has 0 aliphatic heterocycles. The summed E-state index contributed by atoms with van der Waals surface area (Å²) in [6, 6.07) is 3.85. The van der Waals surface area contributed by atoms with Crippen LogP contribution in [0.4, 0.5) is 5.82 Å². The van der Waals surface area contributed by atoms with Crippen LogP contribution in [0.2, 0.25) is 0 Å². The monoisotopic (exact) mass is 288 g/mol. The van der Waals surface area contributed by atoms with Crippen molar-refractivity contribution < 1.29 is 0 Å². The summed E-state index contributed by atoms with van der Waals surface area (Å²) in [5.74, 6) is 0.552. The Morgan fingerprint density at radius 3 is 2.75 bits per heavy atom. The molecule has 0 unspecified atom stereocenters. The molecule has 3 rings (SSSR count). The smallest absolute Gasteiger partial charge is 0.123 e. The van der Waals surface area contributed by atoms with Crippen molar-refractivity contribution in [1.82, 2.24) is 14.5 Å². The number of anilines is 1. The number of nitrogens with zero attached hydrogens (tertiary/aromatic N) is 3. The van der Waals surface area contributed by atoms with Gasteiger partial charge in [0.05, 0.1) is 18.2 Å². The summed E-state index contributed by atoms with van der Waals surface area (Å²) in [4.78, 5) is 8.50. The second-order valence-corrected chi connectivity index (χ2v) is 6.75. The molecule has 2 heterocycles. The lowest BCUT2D eigenvalue weighted by Gasteiger charge is -2.28. The molecule has 2 N–H and O–H groups in total. The zero-order chi connectivity index (χ0) is 14.0. The van der Waals surface area contributed by atoms with Gasteiger partial charge in [-0.1, -0.05) is 12.8 Å². The molecule has 0 amide bonds. The largest absolute Gasteiger partial charge is 0.384 e. The van der Waals surface area contributed by atoms with E-state index >= 15 is 0 Å². The summed E-state index contributed by atoms with van der Waals surface area (Å²) in [6.07, 6.45) is 13.2. The van der Waals surface area contributed by atoms with Crippen molar-refractivity contribution in [2.45, 2.75) is 37.0 Å². The van der Waals surface area contributed by atoms with Crippen LogP contribution in [0.5, 0.6) is 0 Å². The minimum absolute atomic E-state index is 0.372. The van der Waals surface area contributed by atoms with E-state index in [4.69, 9.17) is 5.73 Å². The van der Waals surface area contributed by atoms with Gasteiger partial charge in [-0.05, 0) is 31.2 Å². The Balaban J connectivity index is 1.88. The molecule has 0 spiro atoms. The van der Waals surface area contributed by atoms with E-state index in [1.54, 1.807) is 0 Å². The van der Waals surface area contributed by atoms with Crippen molar-refractivity contribution in [1.29, 1.82) is 0 Å². The van der Waals surface area contributed by atoms with Gasteiger partial charge in [-0.3, -0.25) is 0 Å². The van der Waals surface area contributed by atoms with E-state index in [-0.39, 0.29) is 0 Å². The Kier molecular flexibility index (Phi) is 3.70. The number of nitrogens with two attached hydrogens (primary N) is 1. The van der Waals surface area contributed by atoms with Gasteiger partial charge >= 0.3 is 0 Å². The number of hydrogen-bond donors (Lipinski definition) is 1. The average molecular weight is 288 g/mol. The number of nitrogen functional groups attached to an aromatic ring is 1. The van der Waals surface area contributed by atoms with Crippen molar-refractivity contribution in [2.75, 3.05) is 12.0 Å². The van der Waals surface area contributed by atoms with E-state index in [1.807, 2.05) is 42.6 Å². The van der Waals surface area contributed by atoms with E-state index < -0.39 is 0 Å². The van der Waals surface area contributed by atoms with Crippen LogP contribution >= 0.6 is 11.8 Å². The maximum Gasteiger partial charge on any atom is 0.123 e. The van der Waals surface area contributed by atoms with E-state index in [1.165, 1.54) is 25.7 Å². The van der Waals surface area contributed by atoms with Crippen LogP contribution < -0.4 is 5.73 Å². The van der Waals surface area contributed by atoms with Gasteiger partial charge in [-0.2, -0.15) is 11.8 Å². The quantitative estimate of drug-likeness (QED) is 0.938. The third-order valence-electron chi connectivity index (χ3n) is 4.20. The number of thioether (sulfide) groups is 1. The number of rotatable bonds is 4. The van der Waals surface area contributed by atoms with Gasteiger partial charge in [-0.15, -0.1) is 0 Å². The third-order valence-corrected chi connectivity index (χ3v) is 5.60. The molecule has 2 aromatic heterocycles. The lowest BCUT2D eigenvalue weighted by atomic mass is 10.1. The highest BCUT2D eigenvalue weighted by molar-refractivity contribution is 8.00. The molecule has 1 fully saturated rings. The van der Waals surface area contributed by atoms with Crippen molar-refractivity contribution in [3.8, 4) is 11.3 Å². The number of imidazole rings is 1. The van der Waals surface area contributed by atoms with Crippen LogP contribution in [0.3, 0.4) is 0 Å². The van der Waals surface area contributed by atoms with Crippen molar-refractivity contribution in [3.05, 3.63) is 30.9 Å². The van der Waals surface area contributed by atoms with E-state index in [0.29, 0.717) is 10.6 Å². The first-order valence-corrected chi connectivity index (χ1v) is 8.22. The Labute approximate surface area is 123 Å². The molecular weight excluding hydrogens is 268 g/mol. The molecule has 4 nitrogen and oxygen atoms in total. The molecular formula is C15H20N4S. The highest BCUT2D eigenvalue weighted by Crippen LogP contribution is 2.42. The first kappa shape index (κ1) is 13.5. The fourth-order valence-electron chi connectivity index (χ4n) is 3.00. The molecule has 0 bridgehead atoms. The molecule has 106 valence electrons. The van der Waals surface area contributed by atoms with Gasteiger partial charge in [0, 0.05) is 23.1 Å². The summed E-state index contributed by atoms with van der Waals surface area (Å²) in [7, 11) is 0. The first-order chi connectivity index (χ1) is 9.72. The molecule has 5 heteroatoms. The highest BCUT2D eigenvalue weighted by Gasteiger charge is 2.33. The zero-order valence-electron chi connectivity index (χ0n) is 11.7. The Hall–Kier alpha value is -1.49. The summed E-state index contributed by atoms with van der Waals surface area (Å²) in [5.41, 5.74) is 7.85. The predicted molar refractivity (Wildman–Crippen MR) is 84.6 cm³/mol. The molecule has 0 radical (unpaired) electrons. The number of pyridine rings is 1. The first-order valence-electron chi connectivity index (χ1n) is 7.00. The third kappa shape index (κ3) is 2.54. The standard InChI is InChI=1S/C15H20N4S/c1-20-15(6-2-3-7-15)10-19-11-17-9-13(19)12-4-5-14(16)18-8-12/h4-5,8-9,11H,2-3,6-7,10H2,1H3,(H2,16,18). The Bertz CT molecular complexity index is 570. The summed E-state index contributed by atoms with van der Waals surface area (Å²) >= 11 is 2.00. The number of hydrogen-bond acceptors (Lipinski definition) is 4. The van der Waals surface area contributed by atoms with E-state index in [9.17, 15) is 0 Å². The van der Waals surface area contributed by atoms with Crippen LogP contribution in [0, 0.1) is 0 Å². The molecule has 0 aromatic carbocycles. The molecule has 1 aliphatic rings. The second kappa shape index (κ2) is 5.48. The highest BCUT2D eigenvalue weighted by atomic mass is 32.2. The molecule has 2 aromatic rings. The van der Waals surface area contributed by atoms with Crippen molar-refractivity contribution in [2.24, 2.45) is 0 Å². The van der Waals surface area contributed by atoms with Crippen LogP contribution in [-0.4, -0.2) is 25.5 Å². The van der Waals surface area contributed by atoms with Crippen LogP contribution in [0.1, 0.15) is 25.7 Å². The molecule has 1 aliphatic carbocycles. The fourth-order valence-corrected chi connectivity index (χ4v) is 3.97. The van der Waals surface area contributed by atoms with Gasteiger partial charge in [0.25, 0.3) is 0 Å². The van der Waals surface area contributed by atoms with E-state index in [2.05, 4.69) is 20.8 Å². The van der Waals surface area contributed by atoms with Crippen LogP contribution in [0.25, 0.3) is 11.3 Å². The summed E-state index contributed by atoms with van der Waals surface area (Å²) in [6.45, 7) is 1.02. The Morgan fingerprint density at radius 1 is 1.30 bits per heavy atom. The lowest BCUT2D eigenvalue weighted by molar-refractivity contribution is 0.508. The lowest BCUT2D eigenvalue weighted by Crippen LogP contribution is -2.26. The zero-order valence-corrected chi connectivity index (χ0v) is 12.6. The van der Waals surface area contributed by atoms with Gasteiger partial charge < -0.3 is 10.3 Å². The van der Waals surface area contributed by atoms with Crippen molar-refractivity contribution in [3.63, 3.8) is 0 Å². The SMILES string of the molecule is CSC1(Cn2cncc2-c2ccc(N)nc2)CCCC1. The van der Waals surface area contributed by atoms with Crippen LogP contribution in [-0.2, 0) is 6.54 Å². The van der Waals surface area contributed by atoms with Gasteiger partial charge in [-0.25, -0.2) is 9.97 Å². The summed E-state index contributed by atoms with van der Waals surface area (Å²) in [5, 5.41) is 0.